The first-order chi connectivity index (χ1) is 22.6. The molecule has 2 aliphatic rings. The van der Waals surface area contributed by atoms with Crippen LogP contribution in [0.1, 0.15) is 42.9 Å². The summed E-state index contributed by atoms with van der Waals surface area (Å²) < 4.78 is 8.55. The van der Waals surface area contributed by atoms with Crippen molar-refractivity contribution in [1.82, 2.24) is 4.57 Å². The molecule has 2 heterocycles. The number of hydrogen-bond donors (Lipinski definition) is 0. The zero-order valence-corrected chi connectivity index (χ0v) is 26.2. The molecule has 0 spiro atoms. The third-order valence-electron chi connectivity index (χ3n) is 10.1. The normalized spacial score (nSPS) is 19.7. The van der Waals surface area contributed by atoms with Crippen LogP contribution in [0.25, 0.3) is 60.6 Å². The monoisotopic (exact) mass is 593 g/mol. The Morgan fingerprint density at radius 2 is 1.48 bits per heavy atom. The van der Waals surface area contributed by atoms with Crippen molar-refractivity contribution in [2.45, 2.75) is 26.2 Å². The van der Waals surface area contributed by atoms with Gasteiger partial charge in [-0.3, -0.25) is 0 Å². The molecule has 2 nitrogen and oxygen atoms in total. The Labute approximate surface area is 269 Å². The lowest BCUT2D eigenvalue weighted by molar-refractivity contribution is 0.654. The molecule has 0 saturated heterocycles. The predicted molar refractivity (Wildman–Crippen MR) is 194 cm³/mol. The van der Waals surface area contributed by atoms with Gasteiger partial charge in [0.15, 0.2) is 0 Å². The Morgan fingerprint density at radius 3 is 2.39 bits per heavy atom. The van der Waals surface area contributed by atoms with Crippen LogP contribution >= 0.6 is 0 Å². The highest BCUT2D eigenvalue weighted by Gasteiger charge is 2.25. The van der Waals surface area contributed by atoms with Crippen LogP contribution < -0.4 is 0 Å². The highest BCUT2D eigenvalue weighted by Crippen LogP contribution is 2.42. The average Bonchev–Trinajstić information content (AvgIpc) is 3.63. The largest absolute Gasteiger partial charge is 0.456 e. The Bertz CT molecular complexity index is 2440. The van der Waals surface area contributed by atoms with Gasteiger partial charge < -0.3 is 8.98 Å². The molecule has 9 rings (SSSR count). The average molecular weight is 594 g/mol. The number of nitrogens with zero attached hydrogens (tertiary/aromatic N) is 1. The van der Waals surface area contributed by atoms with E-state index in [1.54, 1.807) is 0 Å². The summed E-state index contributed by atoms with van der Waals surface area (Å²) in [5.74, 6) is 1.22. The van der Waals surface area contributed by atoms with Crippen LogP contribution in [0, 0.1) is 11.8 Å². The molecule has 0 aliphatic heterocycles. The van der Waals surface area contributed by atoms with Gasteiger partial charge in [0.1, 0.15) is 11.2 Å². The Hall–Kier alpha value is -5.34. The van der Waals surface area contributed by atoms with Gasteiger partial charge in [-0.1, -0.05) is 111 Å². The molecule has 0 bridgehead atoms. The second-order valence-corrected chi connectivity index (χ2v) is 13.0. The molecule has 7 aromatic rings. The molecule has 3 atom stereocenters. The van der Waals surface area contributed by atoms with Gasteiger partial charge in [0.05, 0.1) is 11.0 Å². The maximum absolute atomic E-state index is 6.15. The summed E-state index contributed by atoms with van der Waals surface area (Å²) in [6, 6.07) is 39.9. The Morgan fingerprint density at radius 1 is 0.674 bits per heavy atom. The molecular formula is C44H35NO. The minimum absolute atomic E-state index is 0.289. The van der Waals surface area contributed by atoms with Crippen molar-refractivity contribution in [3.8, 4) is 5.69 Å². The fourth-order valence-electron chi connectivity index (χ4n) is 7.79. The molecule has 0 N–H and O–H groups in total. The van der Waals surface area contributed by atoms with Crippen molar-refractivity contribution in [2.75, 3.05) is 0 Å². The summed E-state index contributed by atoms with van der Waals surface area (Å²) in [7, 11) is 0. The topological polar surface area (TPSA) is 18.1 Å². The second-order valence-electron chi connectivity index (χ2n) is 13.0. The molecule has 3 unspecified atom stereocenters. The summed E-state index contributed by atoms with van der Waals surface area (Å²) in [6.45, 7) is 4.68. The van der Waals surface area contributed by atoms with Crippen molar-refractivity contribution < 1.29 is 4.42 Å². The van der Waals surface area contributed by atoms with Gasteiger partial charge in [-0.15, -0.1) is 0 Å². The fourth-order valence-corrected chi connectivity index (χ4v) is 7.79. The van der Waals surface area contributed by atoms with Gasteiger partial charge in [0, 0.05) is 33.2 Å². The molecule has 2 aromatic heterocycles. The zero-order chi connectivity index (χ0) is 30.8. The van der Waals surface area contributed by atoms with E-state index in [4.69, 9.17) is 4.42 Å². The first-order valence-electron chi connectivity index (χ1n) is 16.4. The first kappa shape index (κ1) is 27.0. The third-order valence-corrected chi connectivity index (χ3v) is 10.1. The van der Waals surface area contributed by atoms with Crippen molar-refractivity contribution in [2.24, 2.45) is 11.8 Å². The predicted octanol–water partition coefficient (Wildman–Crippen LogP) is 12.0. The summed E-state index contributed by atoms with van der Waals surface area (Å²) in [4.78, 5) is 0. The van der Waals surface area contributed by atoms with Crippen molar-refractivity contribution in [3.63, 3.8) is 0 Å². The molecule has 5 aromatic carbocycles. The Balaban J connectivity index is 1.12. The summed E-state index contributed by atoms with van der Waals surface area (Å²) >= 11 is 0. The number of para-hydroxylation sites is 2. The smallest absolute Gasteiger partial charge is 0.135 e. The number of fused-ring (bicyclic) bond motifs is 6. The first-order valence-corrected chi connectivity index (χ1v) is 16.4. The van der Waals surface area contributed by atoms with E-state index in [9.17, 15) is 0 Å². The molecular weight excluding hydrogens is 558 g/mol. The maximum Gasteiger partial charge on any atom is 0.135 e. The molecule has 2 heteroatoms. The van der Waals surface area contributed by atoms with Gasteiger partial charge in [-0.2, -0.15) is 0 Å². The lowest BCUT2D eigenvalue weighted by atomic mass is 9.76. The van der Waals surface area contributed by atoms with Crippen LogP contribution in [0.5, 0.6) is 0 Å². The van der Waals surface area contributed by atoms with Gasteiger partial charge in [0.2, 0.25) is 0 Å². The molecule has 0 radical (unpaired) electrons. The van der Waals surface area contributed by atoms with Gasteiger partial charge in [0.25, 0.3) is 0 Å². The molecule has 0 fully saturated rings. The van der Waals surface area contributed by atoms with Crippen molar-refractivity contribution in [1.29, 1.82) is 0 Å². The number of rotatable bonds is 4. The molecule has 222 valence electrons. The number of aromatic nitrogens is 1. The molecule has 0 amide bonds. The van der Waals surface area contributed by atoms with E-state index in [1.165, 1.54) is 49.6 Å². The number of furan rings is 1. The number of benzene rings is 5. The lowest BCUT2D eigenvalue weighted by Crippen LogP contribution is -2.12. The van der Waals surface area contributed by atoms with Crippen LogP contribution in [0.3, 0.4) is 0 Å². The third kappa shape index (κ3) is 4.32. The summed E-state index contributed by atoms with van der Waals surface area (Å²) in [5.41, 5.74) is 12.1. The van der Waals surface area contributed by atoms with E-state index >= 15 is 0 Å². The highest BCUT2D eigenvalue weighted by atomic mass is 16.3. The molecule has 0 saturated carbocycles. The molecule has 2 aliphatic carbocycles. The van der Waals surface area contributed by atoms with E-state index in [1.807, 2.05) is 12.1 Å². The molecule has 46 heavy (non-hydrogen) atoms. The van der Waals surface area contributed by atoms with Gasteiger partial charge in [-0.05, 0) is 94.6 Å². The minimum atomic E-state index is 0.289. The number of allylic oxidation sites excluding steroid dienone is 8. The van der Waals surface area contributed by atoms with Crippen LogP contribution in [0.15, 0.2) is 150 Å². The van der Waals surface area contributed by atoms with E-state index in [2.05, 4.69) is 152 Å². The van der Waals surface area contributed by atoms with Crippen LogP contribution in [-0.2, 0) is 0 Å². The van der Waals surface area contributed by atoms with Crippen LogP contribution in [0.4, 0.5) is 0 Å². The van der Waals surface area contributed by atoms with Gasteiger partial charge in [-0.25, -0.2) is 0 Å². The quantitative estimate of drug-likeness (QED) is 0.198. The standard InChI is InChI=1S/C44H35NO/c1-28-10-7-11-30(24-28)31-12-8-13-32(25-31)35-16-9-17-36(29(35)2)33-20-22-42-39(26-33)37-14-3-5-18-41(37)45(42)34-21-23-44-40(27-34)38-15-4-6-19-43(38)46-44/h3-9,11-29,36H,10H2,1-2H3. The van der Waals surface area contributed by atoms with E-state index < -0.39 is 0 Å². The van der Waals surface area contributed by atoms with Crippen LogP contribution in [-0.4, -0.2) is 4.57 Å². The highest BCUT2D eigenvalue weighted by molar-refractivity contribution is 6.10. The van der Waals surface area contributed by atoms with Gasteiger partial charge >= 0.3 is 0 Å². The second kappa shape index (κ2) is 10.6. The van der Waals surface area contributed by atoms with E-state index in [0.717, 1.165) is 34.0 Å². The number of hydrogen-bond acceptors (Lipinski definition) is 1. The summed E-state index contributed by atoms with van der Waals surface area (Å²) in [6.07, 6.45) is 15.1. The van der Waals surface area contributed by atoms with Crippen LogP contribution in [0.2, 0.25) is 0 Å². The SMILES string of the molecule is CC1C=C(c2cccc(C3=CC=CC(c4ccc5c(c4)c4ccccc4n5-c4ccc5oc6ccccc6c5c4)C3C)c2)C=CC1. The summed E-state index contributed by atoms with van der Waals surface area (Å²) in [5, 5.41) is 4.85. The van der Waals surface area contributed by atoms with Crippen molar-refractivity contribution >= 4 is 54.9 Å². The fraction of sp³-hybridized carbons (Fsp3) is 0.136. The lowest BCUT2D eigenvalue weighted by Gasteiger charge is -2.28. The zero-order valence-electron chi connectivity index (χ0n) is 26.2. The van der Waals surface area contributed by atoms with E-state index in [0.29, 0.717) is 11.8 Å². The Kier molecular flexibility index (Phi) is 6.24. The van der Waals surface area contributed by atoms with E-state index in [-0.39, 0.29) is 5.92 Å². The maximum atomic E-state index is 6.15. The minimum Gasteiger partial charge on any atom is -0.456 e. The van der Waals surface area contributed by atoms with Crippen molar-refractivity contribution in [3.05, 3.63) is 162 Å².